The number of H-pyrrole nitrogens is 1. The molecular formula is C12H16N2O. The van der Waals surface area contributed by atoms with E-state index < -0.39 is 0 Å². The summed E-state index contributed by atoms with van der Waals surface area (Å²) in [6.07, 6.45) is 3.92. The molecule has 3 heteroatoms. The number of hydrogen-bond donors (Lipinski definition) is 2. The third kappa shape index (κ3) is 1.84. The van der Waals surface area contributed by atoms with Gasteiger partial charge in [-0.25, -0.2) is 0 Å². The van der Waals surface area contributed by atoms with Gasteiger partial charge in [0.1, 0.15) is 0 Å². The van der Waals surface area contributed by atoms with Crippen LogP contribution in [0.1, 0.15) is 24.1 Å². The molecule has 1 aromatic rings. The highest BCUT2D eigenvalue weighted by Gasteiger charge is 2.32. The summed E-state index contributed by atoms with van der Waals surface area (Å²) < 4.78 is 0. The third-order valence-corrected chi connectivity index (χ3v) is 3.58. The highest BCUT2D eigenvalue weighted by molar-refractivity contribution is 5.22. The Labute approximate surface area is 88.9 Å². The Morgan fingerprint density at radius 2 is 2.07 bits per heavy atom. The number of hydrogen-bond acceptors (Lipinski definition) is 2. The molecule has 2 N–H and O–H groups in total. The van der Waals surface area contributed by atoms with Crippen molar-refractivity contribution >= 4 is 0 Å². The van der Waals surface area contributed by atoms with E-state index in [0.717, 1.165) is 37.0 Å². The molecule has 3 rings (SSSR count). The van der Waals surface area contributed by atoms with Crippen LogP contribution in [0.2, 0.25) is 0 Å². The Hall–Kier alpha value is -1.09. The average Bonchev–Trinajstić information content (AvgIpc) is 3.02. The average molecular weight is 204 g/mol. The Morgan fingerprint density at radius 3 is 2.87 bits per heavy atom. The molecule has 0 radical (unpaired) electrons. The predicted molar refractivity (Wildman–Crippen MR) is 58.7 cm³/mol. The standard InChI is InChI=1S/C12H16N2O/c15-12-4-3-9-5-10(8-1-2-8)6-13-7-11(9)14-12/h3-4,8,10,13H,1-2,5-7H2,(H,14,15). The first-order valence-electron chi connectivity index (χ1n) is 5.75. The van der Waals surface area contributed by atoms with Crippen LogP contribution in [0.15, 0.2) is 16.9 Å². The summed E-state index contributed by atoms with van der Waals surface area (Å²) >= 11 is 0. The maximum absolute atomic E-state index is 11.2. The van der Waals surface area contributed by atoms with E-state index in [1.54, 1.807) is 6.07 Å². The van der Waals surface area contributed by atoms with Gasteiger partial charge in [-0.2, -0.15) is 0 Å². The first-order chi connectivity index (χ1) is 7.33. The smallest absolute Gasteiger partial charge is 0.248 e. The Balaban J connectivity index is 1.91. The summed E-state index contributed by atoms with van der Waals surface area (Å²) in [5.41, 5.74) is 2.43. The fourth-order valence-corrected chi connectivity index (χ4v) is 2.53. The molecule has 1 atom stereocenters. The lowest BCUT2D eigenvalue weighted by Gasteiger charge is -2.12. The van der Waals surface area contributed by atoms with Crippen LogP contribution >= 0.6 is 0 Å². The van der Waals surface area contributed by atoms with Gasteiger partial charge >= 0.3 is 0 Å². The van der Waals surface area contributed by atoms with Crippen LogP contribution in [0.4, 0.5) is 0 Å². The SMILES string of the molecule is O=c1ccc2c([nH]1)CNCC(C1CC1)C2. The van der Waals surface area contributed by atoms with Crippen molar-refractivity contribution in [2.24, 2.45) is 11.8 Å². The van der Waals surface area contributed by atoms with Crippen LogP contribution in [0.3, 0.4) is 0 Å². The summed E-state index contributed by atoms with van der Waals surface area (Å²) in [5.74, 6) is 1.70. The molecule has 0 amide bonds. The van der Waals surface area contributed by atoms with E-state index >= 15 is 0 Å². The van der Waals surface area contributed by atoms with Gasteiger partial charge in [0.15, 0.2) is 0 Å². The number of pyridine rings is 1. The van der Waals surface area contributed by atoms with Crippen LogP contribution in [0.5, 0.6) is 0 Å². The Morgan fingerprint density at radius 1 is 1.20 bits per heavy atom. The van der Waals surface area contributed by atoms with E-state index in [-0.39, 0.29) is 5.56 Å². The topological polar surface area (TPSA) is 44.9 Å². The van der Waals surface area contributed by atoms with Gasteiger partial charge in [0.25, 0.3) is 0 Å². The van der Waals surface area contributed by atoms with Gasteiger partial charge in [-0.3, -0.25) is 4.79 Å². The van der Waals surface area contributed by atoms with Gasteiger partial charge in [-0.05, 0) is 43.2 Å². The summed E-state index contributed by atoms with van der Waals surface area (Å²) in [7, 11) is 0. The quantitative estimate of drug-likeness (QED) is 0.718. The molecule has 2 heterocycles. The molecule has 15 heavy (non-hydrogen) atoms. The second-order valence-corrected chi connectivity index (χ2v) is 4.76. The van der Waals surface area contributed by atoms with Crippen molar-refractivity contribution in [3.8, 4) is 0 Å². The monoisotopic (exact) mass is 204 g/mol. The zero-order valence-electron chi connectivity index (χ0n) is 8.75. The minimum absolute atomic E-state index is 0.0143. The molecule has 1 unspecified atom stereocenters. The van der Waals surface area contributed by atoms with Crippen molar-refractivity contribution in [2.45, 2.75) is 25.8 Å². The first kappa shape index (κ1) is 9.16. The van der Waals surface area contributed by atoms with Crippen molar-refractivity contribution < 1.29 is 0 Å². The van der Waals surface area contributed by atoms with Gasteiger partial charge in [0.05, 0.1) is 0 Å². The molecule has 1 aromatic heterocycles. The Bertz CT molecular complexity index is 420. The van der Waals surface area contributed by atoms with Gasteiger partial charge in [-0.1, -0.05) is 6.07 Å². The molecule has 0 spiro atoms. The summed E-state index contributed by atoms with van der Waals surface area (Å²) in [5, 5.41) is 3.43. The second kappa shape index (κ2) is 3.49. The minimum Gasteiger partial charge on any atom is -0.325 e. The predicted octanol–water partition coefficient (Wildman–Crippen LogP) is 1.05. The molecule has 1 aliphatic carbocycles. The van der Waals surface area contributed by atoms with Crippen molar-refractivity contribution in [3.05, 3.63) is 33.7 Å². The maximum atomic E-state index is 11.2. The fraction of sp³-hybridized carbons (Fsp3) is 0.583. The van der Waals surface area contributed by atoms with Crippen LogP contribution in [0, 0.1) is 11.8 Å². The zero-order valence-corrected chi connectivity index (χ0v) is 8.75. The molecule has 2 aliphatic rings. The highest BCUT2D eigenvalue weighted by Crippen LogP contribution is 2.39. The van der Waals surface area contributed by atoms with Gasteiger partial charge in [-0.15, -0.1) is 0 Å². The van der Waals surface area contributed by atoms with Crippen LogP contribution in [-0.2, 0) is 13.0 Å². The number of aromatic amines is 1. The van der Waals surface area contributed by atoms with Crippen molar-refractivity contribution in [3.63, 3.8) is 0 Å². The van der Waals surface area contributed by atoms with Crippen molar-refractivity contribution in [1.29, 1.82) is 0 Å². The van der Waals surface area contributed by atoms with E-state index in [1.807, 2.05) is 6.07 Å². The molecule has 1 aliphatic heterocycles. The molecule has 0 bridgehead atoms. The van der Waals surface area contributed by atoms with E-state index in [2.05, 4.69) is 10.3 Å². The fourth-order valence-electron chi connectivity index (χ4n) is 2.53. The lowest BCUT2D eigenvalue weighted by Crippen LogP contribution is -2.22. The first-order valence-corrected chi connectivity index (χ1v) is 5.75. The molecule has 80 valence electrons. The third-order valence-electron chi connectivity index (χ3n) is 3.58. The second-order valence-electron chi connectivity index (χ2n) is 4.76. The molecule has 0 saturated heterocycles. The normalized spacial score (nSPS) is 25.7. The van der Waals surface area contributed by atoms with Crippen molar-refractivity contribution in [2.75, 3.05) is 6.54 Å². The largest absolute Gasteiger partial charge is 0.325 e. The Kier molecular flexibility index (Phi) is 2.13. The highest BCUT2D eigenvalue weighted by atomic mass is 16.1. The summed E-state index contributed by atoms with van der Waals surface area (Å²) in [6, 6.07) is 3.64. The summed E-state index contributed by atoms with van der Waals surface area (Å²) in [4.78, 5) is 14.1. The molecule has 1 saturated carbocycles. The lowest BCUT2D eigenvalue weighted by atomic mass is 9.95. The minimum atomic E-state index is 0.0143. The van der Waals surface area contributed by atoms with Gasteiger partial charge < -0.3 is 10.3 Å². The molecule has 3 nitrogen and oxygen atoms in total. The zero-order chi connectivity index (χ0) is 10.3. The van der Waals surface area contributed by atoms with Crippen molar-refractivity contribution in [1.82, 2.24) is 10.3 Å². The number of nitrogens with one attached hydrogen (secondary N) is 2. The maximum Gasteiger partial charge on any atom is 0.248 e. The van der Waals surface area contributed by atoms with E-state index in [4.69, 9.17) is 0 Å². The number of fused-ring (bicyclic) bond motifs is 1. The van der Waals surface area contributed by atoms with Crippen LogP contribution in [0.25, 0.3) is 0 Å². The van der Waals surface area contributed by atoms with Gasteiger partial charge in [0.2, 0.25) is 5.56 Å². The number of aromatic nitrogens is 1. The summed E-state index contributed by atoms with van der Waals surface area (Å²) in [6.45, 7) is 1.91. The molecule has 1 fully saturated rings. The van der Waals surface area contributed by atoms with Gasteiger partial charge in [0, 0.05) is 18.3 Å². The van der Waals surface area contributed by atoms with E-state index in [0.29, 0.717) is 0 Å². The van der Waals surface area contributed by atoms with E-state index in [9.17, 15) is 4.79 Å². The number of rotatable bonds is 1. The molecule has 0 aromatic carbocycles. The van der Waals surface area contributed by atoms with Crippen LogP contribution in [-0.4, -0.2) is 11.5 Å². The molecular weight excluding hydrogens is 188 g/mol. The van der Waals surface area contributed by atoms with E-state index in [1.165, 1.54) is 18.4 Å². The van der Waals surface area contributed by atoms with Crippen LogP contribution < -0.4 is 10.9 Å². The lowest BCUT2D eigenvalue weighted by molar-refractivity contribution is 0.437.